The largest absolute Gasteiger partial charge is 0.369 e. The Bertz CT molecular complexity index is 742. The molecule has 1 heterocycles. The number of amides is 1. The predicted octanol–water partition coefficient (Wildman–Crippen LogP) is 1.11. The van der Waals surface area contributed by atoms with Crippen LogP contribution in [0.2, 0.25) is 5.02 Å². The van der Waals surface area contributed by atoms with Crippen molar-refractivity contribution in [3.05, 3.63) is 29.3 Å². The molecule has 0 spiro atoms. The van der Waals surface area contributed by atoms with Crippen molar-refractivity contribution in [2.24, 2.45) is 0 Å². The van der Waals surface area contributed by atoms with Crippen molar-refractivity contribution in [2.45, 2.75) is 31.2 Å². The topological polar surface area (TPSA) is 102 Å². The van der Waals surface area contributed by atoms with Crippen LogP contribution in [0.25, 0.3) is 0 Å². The van der Waals surface area contributed by atoms with Crippen LogP contribution in [0.4, 0.5) is 5.69 Å². The van der Waals surface area contributed by atoms with E-state index in [0.29, 0.717) is 44.0 Å². The van der Waals surface area contributed by atoms with E-state index < -0.39 is 21.7 Å². The summed E-state index contributed by atoms with van der Waals surface area (Å²) in [5, 5.41) is 9.64. The van der Waals surface area contributed by atoms with Gasteiger partial charge in [0.15, 0.2) is 0 Å². The molecule has 10 heteroatoms. The maximum Gasteiger partial charge on any atom is 0.280 e. The minimum absolute atomic E-state index is 0.314. The number of benzene rings is 1. The lowest BCUT2D eigenvalue weighted by molar-refractivity contribution is -0.135. The second kappa shape index (κ2) is 7.69. The highest BCUT2D eigenvalue weighted by Crippen LogP contribution is 2.31. The summed E-state index contributed by atoms with van der Waals surface area (Å²) in [5.74, 6) is -0.696. The second-order valence-corrected chi connectivity index (χ2v) is 8.81. The highest BCUT2D eigenvalue weighted by atomic mass is 35.5. The molecule has 26 heavy (non-hydrogen) atoms. The molecule has 1 amide bonds. The SMILES string of the molecule is O=C(NO)C1(NS(=O)(=O)N2CCN(c3ccc(Cl)cc3)CC2)CCCC1. The zero-order valence-corrected chi connectivity index (χ0v) is 15.9. The third-order valence-corrected chi connectivity index (χ3v) is 7.03. The molecule has 8 nitrogen and oxygen atoms in total. The summed E-state index contributed by atoms with van der Waals surface area (Å²) in [4.78, 5) is 14.1. The van der Waals surface area contributed by atoms with E-state index in [1.165, 1.54) is 4.31 Å². The number of halogens is 1. The van der Waals surface area contributed by atoms with Gasteiger partial charge in [-0.05, 0) is 37.1 Å². The molecule has 1 saturated heterocycles. The van der Waals surface area contributed by atoms with Crippen LogP contribution in [0, 0.1) is 0 Å². The Morgan fingerprint density at radius 3 is 2.19 bits per heavy atom. The summed E-state index contributed by atoms with van der Waals surface area (Å²) in [7, 11) is -3.83. The Kier molecular flexibility index (Phi) is 5.73. The van der Waals surface area contributed by atoms with Crippen molar-refractivity contribution >= 4 is 33.4 Å². The summed E-state index contributed by atoms with van der Waals surface area (Å²) in [5.41, 5.74) is 1.33. The maximum atomic E-state index is 12.8. The molecular weight excluding hydrogens is 380 g/mol. The molecule has 1 aliphatic heterocycles. The summed E-state index contributed by atoms with van der Waals surface area (Å²) < 4.78 is 29.4. The monoisotopic (exact) mass is 402 g/mol. The molecule has 2 fully saturated rings. The summed E-state index contributed by atoms with van der Waals surface area (Å²) in [6.07, 6.45) is 2.23. The summed E-state index contributed by atoms with van der Waals surface area (Å²) in [6.45, 7) is 1.72. The molecule has 3 rings (SSSR count). The fourth-order valence-electron chi connectivity index (χ4n) is 3.61. The fourth-order valence-corrected chi connectivity index (χ4v) is 5.30. The number of carbonyl (C=O) groups excluding carboxylic acids is 1. The van der Waals surface area contributed by atoms with Crippen LogP contribution in [0.15, 0.2) is 24.3 Å². The number of hydroxylamine groups is 1. The maximum absolute atomic E-state index is 12.8. The van der Waals surface area contributed by atoms with E-state index in [4.69, 9.17) is 16.8 Å². The number of carbonyl (C=O) groups is 1. The van der Waals surface area contributed by atoms with Crippen molar-refractivity contribution in [1.82, 2.24) is 14.5 Å². The highest BCUT2D eigenvalue weighted by Gasteiger charge is 2.45. The van der Waals surface area contributed by atoms with Crippen LogP contribution >= 0.6 is 11.6 Å². The van der Waals surface area contributed by atoms with Crippen LogP contribution in [-0.2, 0) is 15.0 Å². The average Bonchev–Trinajstić information content (AvgIpc) is 3.11. The van der Waals surface area contributed by atoms with Crippen LogP contribution < -0.4 is 15.1 Å². The zero-order chi connectivity index (χ0) is 18.8. The van der Waals surface area contributed by atoms with E-state index in [0.717, 1.165) is 18.5 Å². The molecule has 2 aliphatic rings. The van der Waals surface area contributed by atoms with Gasteiger partial charge in [-0.2, -0.15) is 17.4 Å². The average molecular weight is 403 g/mol. The lowest BCUT2D eigenvalue weighted by Crippen LogP contribution is -2.61. The Morgan fingerprint density at radius 1 is 1.08 bits per heavy atom. The molecule has 0 radical (unpaired) electrons. The van der Waals surface area contributed by atoms with Crippen molar-refractivity contribution in [3.8, 4) is 0 Å². The lowest BCUT2D eigenvalue weighted by atomic mass is 9.99. The number of hydrogen-bond donors (Lipinski definition) is 3. The van der Waals surface area contributed by atoms with Gasteiger partial charge >= 0.3 is 0 Å². The first kappa shape index (κ1) is 19.4. The Balaban J connectivity index is 1.66. The van der Waals surface area contributed by atoms with Gasteiger partial charge in [-0.25, -0.2) is 5.48 Å². The molecule has 1 aromatic rings. The highest BCUT2D eigenvalue weighted by molar-refractivity contribution is 7.87. The number of anilines is 1. The zero-order valence-electron chi connectivity index (χ0n) is 14.3. The molecule has 1 saturated carbocycles. The van der Waals surface area contributed by atoms with Gasteiger partial charge in [0.2, 0.25) is 0 Å². The van der Waals surface area contributed by atoms with E-state index in [-0.39, 0.29) is 0 Å². The van der Waals surface area contributed by atoms with E-state index in [2.05, 4.69) is 9.62 Å². The van der Waals surface area contributed by atoms with Crippen molar-refractivity contribution in [1.29, 1.82) is 0 Å². The van der Waals surface area contributed by atoms with Gasteiger partial charge in [-0.15, -0.1) is 0 Å². The molecule has 0 atom stereocenters. The number of nitrogens with zero attached hydrogens (tertiary/aromatic N) is 2. The van der Waals surface area contributed by atoms with Crippen LogP contribution in [-0.4, -0.2) is 55.6 Å². The Morgan fingerprint density at radius 2 is 1.65 bits per heavy atom. The van der Waals surface area contributed by atoms with Crippen LogP contribution in [0.1, 0.15) is 25.7 Å². The molecule has 1 aliphatic carbocycles. The van der Waals surface area contributed by atoms with Crippen molar-refractivity contribution in [3.63, 3.8) is 0 Å². The molecule has 3 N–H and O–H groups in total. The number of nitrogens with one attached hydrogen (secondary N) is 2. The van der Waals surface area contributed by atoms with Gasteiger partial charge in [0.25, 0.3) is 16.1 Å². The van der Waals surface area contributed by atoms with Gasteiger partial charge in [0.05, 0.1) is 0 Å². The Hall–Kier alpha value is -1.39. The van der Waals surface area contributed by atoms with Crippen molar-refractivity contribution in [2.75, 3.05) is 31.1 Å². The van der Waals surface area contributed by atoms with Gasteiger partial charge in [-0.1, -0.05) is 24.4 Å². The van der Waals surface area contributed by atoms with Gasteiger partial charge in [0.1, 0.15) is 5.54 Å². The standard InChI is InChI=1S/C16H23ClN4O4S/c17-13-3-5-14(6-4-13)20-9-11-21(12-10-20)26(24,25)19-16(15(22)18-23)7-1-2-8-16/h3-6,19,23H,1-2,7-12H2,(H,18,22). The molecule has 1 aromatic carbocycles. The smallest absolute Gasteiger partial charge is 0.280 e. The third-order valence-electron chi connectivity index (χ3n) is 5.09. The van der Waals surface area contributed by atoms with Crippen molar-refractivity contribution < 1.29 is 18.4 Å². The Labute approximate surface area is 158 Å². The minimum atomic E-state index is -3.83. The first-order chi connectivity index (χ1) is 12.4. The van der Waals surface area contributed by atoms with Crippen LogP contribution in [0.3, 0.4) is 0 Å². The normalized spacial score (nSPS) is 20.9. The lowest BCUT2D eigenvalue weighted by Gasteiger charge is -2.37. The van der Waals surface area contributed by atoms with E-state index in [1.807, 2.05) is 12.1 Å². The number of rotatable bonds is 5. The van der Waals surface area contributed by atoms with Gasteiger partial charge in [0, 0.05) is 36.9 Å². The molecule has 0 bridgehead atoms. The minimum Gasteiger partial charge on any atom is -0.369 e. The molecule has 0 aromatic heterocycles. The quantitative estimate of drug-likeness (QED) is 0.506. The second-order valence-electron chi connectivity index (χ2n) is 6.70. The third kappa shape index (κ3) is 3.96. The van der Waals surface area contributed by atoms with Gasteiger partial charge in [-0.3, -0.25) is 10.0 Å². The number of piperazine rings is 1. The molecule has 144 valence electrons. The number of hydrogen-bond acceptors (Lipinski definition) is 5. The fraction of sp³-hybridized carbons (Fsp3) is 0.562. The predicted molar refractivity (Wildman–Crippen MR) is 98.4 cm³/mol. The van der Waals surface area contributed by atoms with E-state index >= 15 is 0 Å². The first-order valence-electron chi connectivity index (χ1n) is 8.60. The van der Waals surface area contributed by atoms with Crippen LogP contribution in [0.5, 0.6) is 0 Å². The summed E-state index contributed by atoms with van der Waals surface area (Å²) >= 11 is 5.90. The van der Waals surface area contributed by atoms with E-state index in [1.54, 1.807) is 17.6 Å². The molecular formula is C16H23ClN4O4S. The van der Waals surface area contributed by atoms with E-state index in [9.17, 15) is 13.2 Å². The first-order valence-corrected chi connectivity index (χ1v) is 10.4. The summed E-state index contributed by atoms with van der Waals surface area (Å²) in [6, 6.07) is 7.42. The van der Waals surface area contributed by atoms with Gasteiger partial charge < -0.3 is 4.90 Å². The molecule has 0 unspecified atom stereocenters.